The molecule has 0 atom stereocenters. The Balaban J connectivity index is 1.72. The van der Waals surface area contributed by atoms with Gasteiger partial charge in [0.1, 0.15) is 0 Å². The predicted molar refractivity (Wildman–Crippen MR) is 245 cm³/mol. The SMILES string of the molecule is CC(C)(CCCBr)SCCCS1(CCCSC(C)(C)CCCBr)C(c2ccccc2)=C(c2ccccc2)C(c2ccccc2)=C1c1ccccc1. The van der Waals surface area contributed by atoms with Crippen LogP contribution in [-0.2, 0) is 0 Å². The fourth-order valence-corrected chi connectivity index (χ4v) is 15.4. The highest BCUT2D eigenvalue weighted by molar-refractivity contribution is 9.09. The number of halogens is 2. The van der Waals surface area contributed by atoms with Gasteiger partial charge in [-0.3, -0.25) is 0 Å². The van der Waals surface area contributed by atoms with Gasteiger partial charge in [-0.05, 0) is 83.8 Å². The Morgan fingerprint density at radius 3 is 1.08 bits per heavy atom. The van der Waals surface area contributed by atoms with Crippen LogP contribution in [0.4, 0.5) is 0 Å². The lowest BCUT2D eigenvalue weighted by molar-refractivity contribution is 0.631. The van der Waals surface area contributed by atoms with E-state index >= 15 is 0 Å². The second-order valence-corrected chi connectivity index (χ2v) is 23.3. The summed E-state index contributed by atoms with van der Waals surface area (Å²) >= 11 is 11.7. The summed E-state index contributed by atoms with van der Waals surface area (Å²) in [7, 11) is -1.50. The second-order valence-electron chi connectivity index (χ2n) is 14.7. The average Bonchev–Trinajstić information content (AvgIpc) is 3.46. The van der Waals surface area contributed by atoms with E-state index in [4.69, 9.17) is 0 Å². The number of alkyl halides is 2. The van der Waals surface area contributed by atoms with Gasteiger partial charge in [0, 0.05) is 41.1 Å². The van der Waals surface area contributed by atoms with Gasteiger partial charge in [-0.1, -0.05) is 181 Å². The van der Waals surface area contributed by atoms with E-state index in [1.165, 1.54) is 94.9 Å². The molecule has 5 rings (SSSR count). The lowest BCUT2D eigenvalue weighted by atomic mass is 9.89. The molecule has 0 aromatic heterocycles. The van der Waals surface area contributed by atoms with E-state index in [9.17, 15) is 0 Å². The molecule has 4 aromatic carbocycles. The van der Waals surface area contributed by atoms with Crippen LogP contribution in [-0.4, -0.2) is 43.2 Å². The molecule has 0 nitrogen and oxygen atoms in total. The first-order valence-corrected chi connectivity index (χ1v) is 24.8. The third kappa shape index (κ3) is 10.7. The molecule has 0 fully saturated rings. The normalized spacial score (nSPS) is 15.4. The maximum Gasteiger partial charge on any atom is 0.0104 e. The molecular weight excluding hydrogens is 809 g/mol. The van der Waals surface area contributed by atoms with E-state index in [0.29, 0.717) is 0 Å². The van der Waals surface area contributed by atoms with Crippen LogP contribution < -0.4 is 0 Å². The average molecular weight is 865 g/mol. The molecular formula is C46H56Br2S3. The zero-order valence-electron chi connectivity index (χ0n) is 31.0. The summed E-state index contributed by atoms with van der Waals surface area (Å²) in [5, 5.41) is 2.16. The molecule has 1 aliphatic rings. The van der Waals surface area contributed by atoms with Gasteiger partial charge in [0.25, 0.3) is 0 Å². The molecule has 0 bridgehead atoms. The van der Waals surface area contributed by atoms with Crippen molar-refractivity contribution in [2.45, 2.75) is 75.7 Å². The van der Waals surface area contributed by atoms with Crippen LogP contribution in [0.2, 0.25) is 0 Å². The van der Waals surface area contributed by atoms with Crippen LogP contribution >= 0.6 is 65.4 Å². The minimum absolute atomic E-state index is 0.282. The van der Waals surface area contributed by atoms with Crippen molar-refractivity contribution in [3.63, 3.8) is 0 Å². The van der Waals surface area contributed by atoms with E-state index in [0.717, 1.165) is 10.7 Å². The zero-order valence-corrected chi connectivity index (χ0v) is 36.6. The largest absolute Gasteiger partial charge is 0.185 e. The van der Waals surface area contributed by atoms with Crippen LogP contribution in [0.15, 0.2) is 121 Å². The highest BCUT2D eigenvalue weighted by Gasteiger charge is 2.44. The molecule has 0 saturated heterocycles. The van der Waals surface area contributed by atoms with E-state index < -0.39 is 10.0 Å². The van der Waals surface area contributed by atoms with Crippen LogP contribution in [0.1, 0.15) is 88.5 Å². The molecule has 0 N–H and O–H groups in total. The molecule has 5 heteroatoms. The number of allylic oxidation sites excluding steroid dienone is 2. The number of hydrogen-bond donors (Lipinski definition) is 0. The molecule has 0 spiro atoms. The topological polar surface area (TPSA) is 0 Å². The molecule has 1 heterocycles. The van der Waals surface area contributed by atoms with Gasteiger partial charge in [-0.2, -0.15) is 33.6 Å². The summed E-state index contributed by atoms with van der Waals surface area (Å²) in [6.45, 7) is 9.77. The van der Waals surface area contributed by atoms with E-state index in [1.54, 1.807) is 9.81 Å². The quantitative estimate of drug-likeness (QED) is 0.0641. The van der Waals surface area contributed by atoms with Crippen molar-refractivity contribution in [3.8, 4) is 0 Å². The fourth-order valence-electron chi connectivity index (χ4n) is 7.35. The summed E-state index contributed by atoms with van der Waals surface area (Å²) in [5.41, 5.74) is 8.32. The first-order chi connectivity index (χ1) is 24.7. The highest BCUT2D eigenvalue weighted by Crippen LogP contribution is 2.78. The summed E-state index contributed by atoms with van der Waals surface area (Å²) < 4.78 is 0.563. The van der Waals surface area contributed by atoms with Crippen LogP contribution in [0.5, 0.6) is 0 Å². The Hall–Kier alpha value is -1.63. The van der Waals surface area contributed by atoms with Gasteiger partial charge in [-0.15, -0.1) is 0 Å². The summed E-state index contributed by atoms with van der Waals surface area (Å²) in [5.74, 6) is 4.77. The van der Waals surface area contributed by atoms with Crippen molar-refractivity contribution in [3.05, 3.63) is 144 Å². The third-order valence-corrected chi connectivity index (χ3v) is 18.3. The zero-order chi connectivity index (χ0) is 36.2. The number of benzene rings is 4. The predicted octanol–water partition coefficient (Wildman–Crippen LogP) is 15.1. The molecule has 4 aromatic rings. The Morgan fingerprint density at radius 1 is 0.451 bits per heavy atom. The highest BCUT2D eigenvalue weighted by atomic mass is 79.9. The Labute approximate surface area is 336 Å². The first-order valence-electron chi connectivity index (χ1n) is 18.6. The minimum atomic E-state index is -1.50. The van der Waals surface area contributed by atoms with E-state index in [2.05, 4.69) is 204 Å². The lowest BCUT2D eigenvalue weighted by Gasteiger charge is -2.43. The van der Waals surface area contributed by atoms with Crippen LogP contribution in [0.3, 0.4) is 0 Å². The van der Waals surface area contributed by atoms with Gasteiger partial charge in [0.2, 0.25) is 0 Å². The lowest BCUT2D eigenvalue weighted by Crippen LogP contribution is -2.18. The molecule has 272 valence electrons. The maximum atomic E-state index is 3.68. The van der Waals surface area contributed by atoms with Gasteiger partial charge in [0.15, 0.2) is 0 Å². The van der Waals surface area contributed by atoms with Crippen molar-refractivity contribution >= 4 is 86.4 Å². The second kappa shape index (κ2) is 19.6. The minimum Gasteiger partial charge on any atom is -0.185 e. The van der Waals surface area contributed by atoms with Crippen LogP contribution in [0.25, 0.3) is 21.0 Å². The Kier molecular flexibility index (Phi) is 15.6. The van der Waals surface area contributed by atoms with E-state index in [1.807, 2.05) is 0 Å². The molecule has 0 amide bonds. The van der Waals surface area contributed by atoms with Crippen molar-refractivity contribution in [2.24, 2.45) is 0 Å². The Bertz CT molecular complexity index is 1570. The number of rotatable bonds is 20. The molecule has 51 heavy (non-hydrogen) atoms. The smallest absolute Gasteiger partial charge is 0.0104 e. The van der Waals surface area contributed by atoms with Crippen molar-refractivity contribution in [1.82, 2.24) is 0 Å². The number of hydrogen-bond acceptors (Lipinski definition) is 2. The Morgan fingerprint density at radius 2 is 0.765 bits per heavy atom. The summed E-state index contributed by atoms with van der Waals surface area (Å²) in [4.78, 5) is 3.19. The van der Waals surface area contributed by atoms with Gasteiger partial charge in [-0.25, -0.2) is 0 Å². The molecule has 0 saturated carbocycles. The molecule has 0 unspecified atom stereocenters. The van der Waals surface area contributed by atoms with Crippen LogP contribution in [0, 0.1) is 0 Å². The fraction of sp³-hybridized carbons (Fsp3) is 0.391. The standard InChI is InChI=1S/C46H56Br2S3/c1-45(2,29-17-31-47)49-33-19-35-51(36-20-34-50-46(3,4)30-18-32-48)43(39-25-13-7-14-26-39)41(37-21-9-5-10-22-37)42(38-23-11-6-12-24-38)44(51)40-27-15-8-16-28-40/h5-16,21-28H,17-20,29-36H2,1-4H3. The van der Waals surface area contributed by atoms with Gasteiger partial charge < -0.3 is 0 Å². The van der Waals surface area contributed by atoms with Gasteiger partial charge in [0.05, 0.1) is 0 Å². The number of thioether (sulfide) groups is 2. The van der Waals surface area contributed by atoms with Gasteiger partial charge >= 0.3 is 0 Å². The van der Waals surface area contributed by atoms with Crippen molar-refractivity contribution in [2.75, 3.05) is 33.7 Å². The maximum absolute atomic E-state index is 3.68. The van der Waals surface area contributed by atoms with Crippen molar-refractivity contribution in [1.29, 1.82) is 0 Å². The summed E-state index contributed by atoms with van der Waals surface area (Å²) in [6.07, 6.45) is 7.34. The summed E-state index contributed by atoms with van der Waals surface area (Å²) in [6, 6.07) is 45.6. The third-order valence-electron chi connectivity index (χ3n) is 9.77. The van der Waals surface area contributed by atoms with E-state index in [-0.39, 0.29) is 9.49 Å². The first kappa shape index (κ1) is 40.6. The molecule has 0 radical (unpaired) electrons. The van der Waals surface area contributed by atoms with Crippen molar-refractivity contribution < 1.29 is 0 Å². The molecule has 0 aliphatic carbocycles. The molecule has 1 aliphatic heterocycles. The monoisotopic (exact) mass is 862 g/mol.